The molecule has 1 aliphatic rings. The van der Waals surface area contributed by atoms with Gasteiger partial charge in [-0.1, -0.05) is 11.6 Å². The number of carbonyl (C=O) groups is 1. The van der Waals surface area contributed by atoms with Crippen LogP contribution in [0.1, 0.15) is 29.6 Å². The zero-order valence-corrected chi connectivity index (χ0v) is 11.3. The van der Waals surface area contributed by atoms with Crippen LogP contribution in [0.2, 0.25) is 5.02 Å². The van der Waals surface area contributed by atoms with Crippen molar-refractivity contribution in [1.82, 2.24) is 4.98 Å². The summed E-state index contributed by atoms with van der Waals surface area (Å²) in [6, 6.07) is 1.38. The molecule has 6 heteroatoms. The zero-order valence-electron chi connectivity index (χ0n) is 10.6. The van der Waals surface area contributed by atoms with E-state index in [4.69, 9.17) is 21.4 Å². The fourth-order valence-electron chi connectivity index (χ4n) is 1.65. The van der Waals surface area contributed by atoms with Crippen molar-refractivity contribution in [3.8, 4) is 0 Å². The van der Waals surface area contributed by atoms with Gasteiger partial charge in [0.25, 0.3) is 0 Å². The first-order valence-corrected chi connectivity index (χ1v) is 6.75. The number of aromatic nitrogens is 1. The molecule has 0 unspecified atom stereocenters. The molecule has 0 radical (unpaired) electrons. The Labute approximate surface area is 116 Å². The summed E-state index contributed by atoms with van der Waals surface area (Å²) in [5, 5.41) is 12.1. The molecule has 1 aromatic heterocycles. The van der Waals surface area contributed by atoms with E-state index in [9.17, 15) is 4.79 Å². The molecule has 1 saturated carbocycles. The van der Waals surface area contributed by atoms with Gasteiger partial charge in [-0.25, -0.2) is 9.78 Å². The molecule has 1 heterocycles. The predicted octanol–water partition coefficient (Wildman–Crippen LogP) is 2.66. The minimum Gasteiger partial charge on any atom is -0.478 e. The Morgan fingerprint density at radius 1 is 1.58 bits per heavy atom. The van der Waals surface area contributed by atoms with Gasteiger partial charge in [0.1, 0.15) is 5.82 Å². The van der Waals surface area contributed by atoms with Gasteiger partial charge in [0, 0.05) is 26.0 Å². The Kier molecular flexibility index (Phi) is 4.99. The third-order valence-electron chi connectivity index (χ3n) is 2.93. The zero-order chi connectivity index (χ0) is 13.7. The van der Waals surface area contributed by atoms with Gasteiger partial charge in [-0.05, 0) is 31.2 Å². The van der Waals surface area contributed by atoms with Gasteiger partial charge >= 0.3 is 5.97 Å². The fourth-order valence-corrected chi connectivity index (χ4v) is 1.91. The van der Waals surface area contributed by atoms with E-state index in [1.54, 1.807) is 0 Å². The van der Waals surface area contributed by atoms with E-state index in [0.29, 0.717) is 19.0 Å². The lowest BCUT2D eigenvalue weighted by atomic mass is 10.2. The van der Waals surface area contributed by atoms with Crippen molar-refractivity contribution in [2.45, 2.75) is 19.3 Å². The van der Waals surface area contributed by atoms with Crippen LogP contribution in [0.4, 0.5) is 5.82 Å². The number of nitrogens with one attached hydrogen (secondary N) is 1. The van der Waals surface area contributed by atoms with Crippen LogP contribution in [0.5, 0.6) is 0 Å². The van der Waals surface area contributed by atoms with Gasteiger partial charge in [0.2, 0.25) is 0 Å². The monoisotopic (exact) mass is 284 g/mol. The molecule has 0 bridgehead atoms. The first kappa shape index (κ1) is 14.1. The van der Waals surface area contributed by atoms with Crippen LogP contribution in [-0.4, -0.2) is 35.8 Å². The second-order valence-corrected chi connectivity index (χ2v) is 5.00. The maximum Gasteiger partial charge on any atom is 0.337 e. The Hall–Kier alpha value is -1.33. The van der Waals surface area contributed by atoms with Crippen LogP contribution in [0.3, 0.4) is 0 Å². The van der Waals surface area contributed by atoms with Gasteiger partial charge < -0.3 is 15.2 Å². The normalized spacial score (nSPS) is 14.4. The number of halogens is 1. The molecule has 5 nitrogen and oxygen atoms in total. The number of hydrogen-bond donors (Lipinski definition) is 2. The van der Waals surface area contributed by atoms with E-state index in [0.717, 1.165) is 18.9 Å². The number of ether oxygens (including phenoxy) is 1. The number of hydrogen-bond acceptors (Lipinski definition) is 4. The summed E-state index contributed by atoms with van der Waals surface area (Å²) in [6.45, 7) is 2.20. The summed E-state index contributed by atoms with van der Waals surface area (Å²) in [4.78, 5) is 14.9. The molecular formula is C13H17ClN2O3. The SMILES string of the molecule is O=C(O)c1ccnc(NCCCOCC2CC2)c1Cl. The van der Waals surface area contributed by atoms with Crippen LogP contribution in [0, 0.1) is 5.92 Å². The van der Waals surface area contributed by atoms with Gasteiger partial charge in [0.15, 0.2) is 0 Å². The fraction of sp³-hybridized carbons (Fsp3) is 0.538. The minimum absolute atomic E-state index is 0.0594. The second kappa shape index (κ2) is 6.73. The number of nitrogens with zero attached hydrogens (tertiary/aromatic N) is 1. The molecule has 0 aromatic carbocycles. The van der Waals surface area contributed by atoms with E-state index in [2.05, 4.69) is 10.3 Å². The highest BCUT2D eigenvalue weighted by Gasteiger charge is 2.20. The maximum atomic E-state index is 10.9. The highest BCUT2D eigenvalue weighted by Crippen LogP contribution is 2.28. The van der Waals surface area contributed by atoms with Crippen molar-refractivity contribution in [3.63, 3.8) is 0 Å². The highest BCUT2D eigenvalue weighted by molar-refractivity contribution is 6.35. The summed E-state index contributed by atoms with van der Waals surface area (Å²) in [5.41, 5.74) is 0.0594. The Balaban J connectivity index is 1.72. The first-order chi connectivity index (χ1) is 9.18. The number of rotatable bonds is 8. The average molecular weight is 285 g/mol. The summed E-state index contributed by atoms with van der Waals surface area (Å²) in [6.07, 6.45) is 4.85. The van der Waals surface area contributed by atoms with Crippen molar-refractivity contribution in [2.75, 3.05) is 25.1 Å². The van der Waals surface area contributed by atoms with E-state index in [1.807, 2.05) is 0 Å². The lowest BCUT2D eigenvalue weighted by Crippen LogP contribution is -2.09. The summed E-state index contributed by atoms with van der Waals surface area (Å²) >= 11 is 5.96. The summed E-state index contributed by atoms with van der Waals surface area (Å²) < 4.78 is 5.50. The van der Waals surface area contributed by atoms with Crippen molar-refractivity contribution in [1.29, 1.82) is 0 Å². The van der Waals surface area contributed by atoms with E-state index < -0.39 is 5.97 Å². The quantitative estimate of drug-likeness (QED) is 0.718. The third-order valence-corrected chi connectivity index (χ3v) is 3.31. The number of aromatic carboxylic acids is 1. The van der Waals surface area contributed by atoms with Crippen LogP contribution in [0.15, 0.2) is 12.3 Å². The molecule has 2 rings (SSSR count). The number of carboxylic acids is 1. The molecule has 0 atom stereocenters. The Morgan fingerprint density at radius 3 is 3.05 bits per heavy atom. The summed E-state index contributed by atoms with van der Waals surface area (Å²) in [7, 11) is 0. The molecule has 0 amide bonds. The van der Waals surface area contributed by atoms with Gasteiger partial charge in [-0.15, -0.1) is 0 Å². The number of pyridine rings is 1. The first-order valence-electron chi connectivity index (χ1n) is 6.38. The third kappa shape index (κ3) is 4.36. The van der Waals surface area contributed by atoms with E-state index in [1.165, 1.54) is 25.1 Å². The van der Waals surface area contributed by atoms with Crippen LogP contribution >= 0.6 is 11.6 Å². The van der Waals surface area contributed by atoms with Gasteiger partial charge in [-0.2, -0.15) is 0 Å². The molecule has 19 heavy (non-hydrogen) atoms. The summed E-state index contributed by atoms with van der Waals surface area (Å²) in [5.74, 6) is 0.128. The molecule has 1 aliphatic carbocycles. The molecule has 1 fully saturated rings. The molecule has 104 valence electrons. The number of carboxylic acid groups (broad SMARTS) is 1. The molecule has 0 spiro atoms. The Morgan fingerprint density at radius 2 is 2.37 bits per heavy atom. The minimum atomic E-state index is -1.05. The lowest BCUT2D eigenvalue weighted by Gasteiger charge is -2.09. The van der Waals surface area contributed by atoms with Crippen LogP contribution in [0.25, 0.3) is 0 Å². The van der Waals surface area contributed by atoms with Crippen LogP contribution in [-0.2, 0) is 4.74 Å². The van der Waals surface area contributed by atoms with Gasteiger partial charge in [0.05, 0.1) is 10.6 Å². The smallest absolute Gasteiger partial charge is 0.337 e. The highest BCUT2D eigenvalue weighted by atomic mass is 35.5. The van der Waals surface area contributed by atoms with Crippen molar-refractivity contribution < 1.29 is 14.6 Å². The van der Waals surface area contributed by atoms with Crippen molar-refractivity contribution >= 4 is 23.4 Å². The van der Waals surface area contributed by atoms with Crippen molar-refractivity contribution in [2.24, 2.45) is 5.92 Å². The molecular weight excluding hydrogens is 268 g/mol. The number of anilines is 1. The molecule has 1 aromatic rings. The van der Waals surface area contributed by atoms with E-state index in [-0.39, 0.29) is 10.6 Å². The largest absolute Gasteiger partial charge is 0.478 e. The average Bonchev–Trinajstić information content (AvgIpc) is 3.19. The molecule has 2 N–H and O–H groups in total. The maximum absolute atomic E-state index is 10.9. The lowest BCUT2D eigenvalue weighted by molar-refractivity contribution is 0.0697. The molecule has 0 aliphatic heterocycles. The Bertz CT molecular complexity index is 450. The van der Waals surface area contributed by atoms with Gasteiger partial charge in [-0.3, -0.25) is 0 Å². The second-order valence-electron chi connectivity index (χ2n) is 4.62. The topological polar surface area (TPSA) is 71.5 Å². The van der Waals surface area contributed by atoms with Crippen LogP contribution < -0.4 is 5.32 Å². The standard InChI is InChI=1S/C13H17ClN2O3/c14-11-10(13(17)18)4-6-16-12(11)15-5-1-7-19-8-9-2-3-9/h4,6,9H,1-3,5,7-8H2,(H,15,16)(H,17,18). The molecule has 0 saturated heterocycles. The van der Waals surface area contributed by atoms with E-state index >= 15 is 0 Å². The predicted molar refractivity (Wildman–Crippen MR) is 72.9 cm³/mol. The van der Waals surface area contributed by atoms with Crippen molar-refractivity contribution in [3.05, 3.63) is 22.8 Å².